The minimum Gasteiger partial charge on any atom is -0.476 e. The van der Waals surface area contributed by atoms with Gasteiger partial charge in [-0.1, -0.05) is 24.6 Å². The second-order valence-electron chi connectivity index (χ2n) is 3.54. The highest BCUT2D eigenvalue weighted by Crippen LogP contribution is 2.29. The first-order valence-corrected chi connectivity index (χ1v) is 6.08. The van der Waals surface area contributed by atoms with Crippen LogP contribution in [0.1, 0.15) is 30.6 Å². The zero-order valence-corrected chi connectivity index (χ0v) is 11.1. The number of aldehydes is 1. The van der Waals surface area contributed by atoms with Crippen molar-refractivity contribution in [3.05, 3.63) is 28.8 Å². The zero-order valence-electron chi connectivity index (χ0n) is 10.3. The summed E-state index contributed by atoms with van der Waals surface area (Å²) in [4.78, 5) is 22.5. The Morgan fingerprint density at radius 1 is 1.44 bits per heavy atom. The Kier molecular flexibility index (Phi) is 5.65. The second kappa shape index (κ2) is 7.01. The molecule has 0 saturated carbocycles. The van der Waals surface area contributed by atoms with E-state index >= 15 is 0 Å². The van der Waals surface area contributed by atoms with Gasteiger partial charge in [0.05, 0.1) is 17.2 Å². The predicted molar refractivity (Wildman–Crippen MR) is 68.2 cm³/mol. The molecule has 1 rings (SSSR count). The summed E-state index contributed by atoms with van der Waals surface area (Å²) in [5, 5.41) is 0.294. The standard InChI is InChI=1S/C13H15ClO4/c1-3-11(13(16)17-4-2)18-12-9(8-15)6-5-7-10(12)14/h5-8,11H,3-4H2,1-2H3. The third kappa shape index (κ3) is 3.47. The lowest BCUT2D eigenvalue weighted by atomic mass is 10.2. The SMILES string of the molecule is CCOC(=O)C(CC)Oc1c(Cl)cccc1C=O. The van der Waals surface area contributed by atoms with Gasteiger partial charge in [0.2, 0.25) is 0 Å². The van der Waals surface area contributed by atoms with Crippen LogP contribution in [-0.2, 0) is 9.53 Å². The molecule has 1 aromatic rings. The van der Waals surface area contributed by atoms with Crippen LogP contribution in [-0.4, -0.2) is 25.0 Å². The van der Waals surface area contributed by atoms with E-state index in [4.69, 9.17) is 21.1 Å². The molecule has 0 radical (unpaired) electrons. The number of rotatable bonds is 6. The molecule has 0 aliphatic carbocycles. The minimum atomic E-state index is -0.761. The van der Waals surface area contributed by atoms with Gasteiger partial charge >= 0.3 is 5.97 Å². The predicted octanol–water partition coefficient (Wildman–Crippen LogP) is 2.87. The quantitative estimate of drug-likeness (QED) is 0.589. The summed E-state index contributed by atoms with van der Waals surface area (Å²) in [6.07, 6.45) is 0.310. The molecule has 0 aliphatic heterocycles. The Balaban J connectivity index is 2.94. The van der Waals surface area contributed by atoms with E-state index in [0.29, 0.717) is 23.3 Å². The molecule has 1 atom stereocenters. The van der Waals surface area contributed by atoms with Gasteiger partial charge in [0.15, 0.2) is 12.4 Å². The number of esters is 1. The maximum absolute atomic E-state index is 11.6. The van der Waals surface area contributed by atoms with Gasteiger partial charge in [0.1, 0.15) is 5.75 Å². The van der Waals surface area contributed by atoms with Crippen molar-refractivity contribution >= 4 is 23.9 Å². The number of hydrogen-bond acceptors (Lipinski definition) is 4. The Morgan fingerprint density at radius 2 is 2.17 bits per heavy atom. The molecule has 1 aromatic carbocycles. The topological polar surface area (TPSA) is 52.6 Å². The molecule has 0 spiro atoms. The molecular formula is C13H15ClO4. The number of hydrogen-bond donors (Lipinski definition) is 0. The Morgan fingerprint density at radius 3 is 2.72 bits per heavy atom. The fourth-order valence-corrected chi connectivity index (χ4v) is 1.64. The molecule has 98 valence electrons. The normalized spacial score (nSPS) is 11.7. The Labute approximate surface area is 111 Å². The average Bonchev–Trinajstić information content (AvgIpc) is 2.37. The molecule has 0 saturated heterocycles. The van der Waals surface area contributed by atoms with Crippen LogP contribution in [0, 0.1) is 0 Å². The molecule has 0 aromatic heterocycles. The summed E-state index contributed by atoms with van der Waals surface area (Å²) in [5.74, 6) is -0.245. The highest BCUT2D eigenvalue weighted by Gasteiger charge is 2.22. The maximum Gasteiger partial charge on any atom is 0.347 e. The highest BCUT2D eigenvalue weighted by atomic mass is 35.5. The zero-order chi connectivity index (χ0) is 13.5. The largest absolute Gasteiger partial charge is 0.476 e. The molecule has 0 aliphatic rings. The van der Waals surface area contributed by atoms with E-state index in [9.17, 15) is 9.59 Å². The van der Waals surface area contributed by atoms with E-state index < -0.39 is 12.1 Å². The first kappa shape index (κ1) is 14.5. The van der Waals surface area contributed by atoms with Gasteiger partial charge in [0.25, 0.3) is 0 Å². The molecule has 0 N–H and O–H groups in total. The fraction of sp³-hybridized carbons (Fsp3) is 0.385. The molecule has 0 heterocycles. The molecule has 0 fully saturated rings. The summed E-state index contributed by atoms with van der Waals surface area (Å²) in [6, 6.07) is 4.82. The van der Waals surface area contributed by atoms with E-state index in [1.54, 1.807) is 32.0 Å². The van der Waals surface area contributed by atoms with Gasteiger partial charge in [-0.25, -0.2) is 4.79 Å². The summed E-state index contributed by atoms with van der Waals surface area (Å²) < 4.78 is 10.4. The van der Waals surface area contributed by atoms with Crippen LogP contribution in [0.5, 0.6) is 5.75 Å². The van der Waals surface area contributed by atoms with Crippen LogP contribution in [0.2, 0.25) is 5.02 Å². The lowest BCUT2D eigenvalue weighted by molar-refractivity contribution is -0.151. The van der Waals surface area contributed by atoms with Crippen LogP contribution in [0.25, 0.3) is 0 Å². The highest BCUT2D eigenvalue weighted by molar-refractivity contribution is 6.32. The number of carbonyl (C=O) groups excluding carboxylic acids is 2. The number of ether oxygens (including phenoxy) is 2. The number of carbonyl (C=O) groups is 2. The minimum absolute atomic E-state index is 0.217. The van der Waals surface area contributed by atoms with E-state index in [1.807, 2.05) is 0 Å². The van der Waals surface area contributed by atoms with Crippen molar-refractivity contribution < 1.29 is 19.1 Å². The van der Waals surface area contributed by atoms with Crippen LogP contribution >= 0.6 is 11.6 Å². The van der Waals surface area contributed by atoms with Gasteiger partial charge in [-0.05, 0) is 25.5 Å². The van der Waals surface area contributed by atoms with Crippen molar-refractivity contribution in [3.63, 3.8) is 0 Å². The molecule has 0 bridgehead atoms. The van der Waals surface area contributed by atoms with Crippen LogP contribution < -0.4 is 4.74 Å². The van der Waals surface area contributed by atoms with Gasteiger partial charge in [-0.2, -0.15) is 0 Å². The summed E-state index contributed by atoms with van der Waals surface area (Å²) >= 11 is 5.95. The van der Waals surface area contributed by atoms with Crippen molar-refractivity contribution in [2.75, 3.05) is 6.61 Å². The van der Waals surface area contributed by atoms with Gasteiger partial charge in [-0.15, -0.1) is 0 Å². The van der Waals surface area contributed by atoms with E-state index in [2.05, 4.69) is 0 Å². The number of halogens is 1. The number of benzene rings is 1. The Hall–Kier alpha value is -1.55. The maximum atomic E-state index is 11.6. The molecular weight excluding hydrogens is 256 g/mol. The Bertz CT molecular complexity index is 431. The van der Waals surface area contributed by atoms with Crippen molar-refractivity contribution in [1.29, 1.82) is 0 Å². The van der Waals surface area contributed by atoms with Crippen LogP contribution in [0.4, 0.5) is 0 Å². The third-order valence-electron chi connectivity index (χ3n) is 2.30. The molecule has 5 heteroatoms. The molecule has 18 heavy (non-hydrogen) atoms. The van der Waals surface area contributed by atoms with Gasteiger partial charge in [0, 0.05) is 0 Å². The lowest BCUT2D eigenvalue weighted by Gasteiger charge is -2.17. The molecule has 4 nitrogen and oxygen atoms in total. The van der Waals surface area contributed by atoms with Crippen molar-refractivity contribution in [1.82, 2.24) is 0 Å². The first-order chi connectivity index (χ1) is 8.63. The number of para-hydroxylation sites is 1. The second-order valence-corrected chi connectivity index (χ2v) is 3.95. The third-order valence-corrected chi connectivity index (χ3v) is 2.60. The monoisotopic (exact) mass is 270 g/mol. The van der Waals surface area contributed by atoms with Gasteiger partial charge in [-0.3, -0.25) is 4.79 Å². The van der Waals surface area contributed by atoms with Crippen molar-refractivity contribution in [3.8, 4) is 5.75 Å². The molecule has 0 amide bonds. The smallest absolute Gasteiger partial charge is 0.347 e. The van der Waals surface area contributed by atoms with Crippen molar-refractivity contribution in [2.24, 2.45) is 0 Å². The van der Waals surface area contributed by atoms with Crippen LogP contribution in [0.3, 0.4) is 0 Å². The lowest BCUT2D eigenvalue weighted by Crippen LogP contribution is -2.29. The molecule has 1 unspecified atom stereocenters. The first-order valence-electron chi connectivity index (χ1n) is 5.71. The van der Waals surface area contributed by atoms with E-state index in [1.165, 1.54) is 0 Å². The van der Waals surface area contributed by atoms with Crippen LogP contribution in [0.15, 0.2) is 18.2 Å². The van der Waals surface area contributed by atoms with E-state index in [-0.39, 0.29) is 12.4 Å². The van der Waals surface area contributed by atoms with Crippen molar-refractivity contribution in [2.45, 2.75) is 26.4 Å². The fourth-order valence-electron chi connectivity index (χ4n) is 1.42. The van der Waals surface area contributed by atoms with Gasteiger partial charge < -0.3 is 9.47 Å². The summed E-state index contributed by atoms with van der Waals surface area (Å²) in [6.45, 7) is 3.79. The summed E-state index contributed by atoms with van der Waals surface area (Å²) in [5.41, 5.74) is 0.310. The van der Waals surface area contributed by atoms with E-state index in [0.717, 1.165) is 0 Å². The average molecular weight is 271 g/mol. The summed E-state index contributed by atoms with van der Waals surface area (Å²) in [7, 11) is 0.